The molecule has 0 aromatic carbocycles. The van der Waals surface area contributed by atoms with Crippen molar-refractivity contribution in [2.75, 3.05) is 0 Å². The van der Waals surface area contributed by atoms with Gasteiger partial charge in [0.15, 0.2) is 0 Å². The van der Waals surface area contributed by atoms with Crippen molar-refractivity contribution < 1.29 is 4.79 Å². The van der Waals surface area contributed by atoms with Crippen LogP contribution in [0.15, 0.2) is 23.8 Å². The van der Waals surface area contributed by atoms with Crippen LogP contribution in [-0.2, 0) is 4.79 Å². The topological polar surface area (TPSA) is 17.1 Å². The lowest BCUT2D eigenvalue weighted by molar-refractivity contribution is -0.108. The Kier molecular flexibility index (Phi) is 5.44. The zero-order chi connectivity index (χ0) is 8.69. The molecule has 1 heteroatoms. The standard InChI is InChI=1S/C10H16O/c1-9(2)5-4-6-10(3)7-8-11/h4-6,8,10H,7H2,1-3H3/b6-4+/t10-/m1/s1. The van der Waals surface area contributed by atoms with Gasteiger partial charge in [0.1, 0.15) is 6.29 Å². The minimum Gasteiger partial charge on any atom is -0.303 e. The van der Waals surface area contributed by atoms with Crippen molar-refractivity contribution in [3.8, 4) is 0 Å². The van der Waals surface area contributed by atoms with E-state index in [9.17, 15) is 4.79 Å². The minimum atomic E-state index is 0.364. The Morgan fingerprint density at radius 2 is 2.09 bits per heavy atom. The Morgan fingerprint density at radius 1 is 1.45 bits per heavy atom. The molecule has 0 rings (SSSR count). The summed E-state index contributed by atoms with van der Waals surface area (Å²) in [6, 6.07) is 0. The van der Waals surface area contributed by atoms with Crippen molar-refractivity contribution in [2.24, 2.45) is 5.92 Å². The van der Waals surface area contributed by atoms with Crippen molar-refractivity contribution in [1.82, 2.24) is 0 Å². The first-order chi connectivity index (χ1) is 5.16. The first-order valence-electron chi connectivity index (χ1n) is 3.92. The summed E-state index contributed by atoms with van der Waals surface area (Å²) in [5.74, 6) is 0.364. The molecule has 0 unspecified atom stereocenters. The molecule has 0 aliphatic rings. The summed E-state index contributed by atoms with van der Waals surface area (Å²) in [6.07, 6.45) is 7.66. The molecule has 0 radical (unpaired) electrons. The maximum absolute atomic E-state index is 10.1. The largest absolute Gasteiger partial charge is 0.303 e. The van der Waals surface area contributed by atoms with Gasteiger partial charge in [-0.1, -0.05) is 30.7 Å². The maximum Gasteiger partial charge on any atom is 0.120 e. The van der Waals surface area contributed by atoms with E-state index in [0.29, 0.717) is 12.3 Å². The highest BCUT2D eigenvalue weighted by Crippen LogP contribution is 2.01. The van der Waals surface area contributed by atoms with E-state index in [-0.39, 0.29) is 0 Å². The van der Waals surface area contributed by atoms with Crippen molar-refractivity contribution >= 4 is 6.29 Å². The van der Waals surface area contributed by atoms with Gasteiger partial charge in [-0.15, -0.1) is 0 Å². The van der Waals surface area contributed by atoms with Gasteiger partial charge >= 0.3 is 0 Å². The summed E-state index contributed by atoms with van der Waals surface area (Å²) in [6.45, 7) is 6.13. The number of aldehydes is 1. The zero-order valence-electron chi connectivity index (χ0n) is 7.50. The van der Waals surface area contributed by atoms with E-state index in [1.807, 2.05) is 25.2 Å². The lowest BCUT2D eigenvalue weighted by Crippen LogP contribution is -1.88. The van der Waals surface area contributed by atoms with Crippen molar-refractivity contribution in [3.63, 3.8) is 0 Å². The Hall–Kier alpha value is -0.850. The normalized spacial score (nSPS) is 13.0. The quantitative estimate of drug-likeness (QED) is 0.447. The van der Waals surface area contributed by atoms with Gasteiger partial charge in [0.25, 0.3) is 0 Å². The van der Waals surface area contributed by atoms with E-state index in [1.54, 1.807) is 0 Å². The minimum absolute atomic E-state index is 0.364. The van der Waals surface area contributed by atoms with E-state index < -0.39 is 0 Å². The molecular formula is C10H16O. The van der Waals surface area contributed by atoms with Crippen LogP contribution in [0.5, 0.6) is 0 Å². The van der Waals surface area contributed by atoms with Crippen LogP contribution in [0.1, 0.15) is 27.2 Å². The van der Waals surface area contributed by atoms with Gasteiger partial charge in [0.2, 0.25) is 0 Å². The molecule has 0 saturated heterocycles. The Balaban J connectivity index is 3.73. The third kappa shape index (κ3) is 7.04. The highest BCUT2D eigenvalue weighted by atomic mass is 16.1. The highest BCUT2D eigenvalue weighted by molar-refractivity contribution is 5.50. The Labute approximate surface area is 68.8 Å². The van der Waals surface area contributed by atoms with E-state index in [0.717, 1.165) is 6.29 Å². The molecule has 1 nitrogen and oxygen atoms in total. The van der Waals surface area contributed by atoms with Gasteiger partial charge in [-0.2, -0.15) is 0 Å². The Morgan fingerprint density at radius 3 is 2.55 bits per heavy atom. The van der Waals surface area contributed by atoms with Crippen molar-refractivity contribution in [1.29, 1.82) is 0 Å². The SMILES string of the molecule is CC(C)=C/C=C/[C@@H](C)CC=O. The van der Waals surface area contributed by atoms with E-state index in [4.69, 9.17) is 0 Å². The van der Waals surface area contributed by atoms with E-state index >= 15 is 0 Å². The van der Waals surface area contributed by atoms with Crippen molar-refractivity contribution in [3.05, 3.63) is 23.8 Å². The number of hydrogen-bond acceptors (Lipinski definition) is 1. The van der Waals surface area contributed by atoms with Gasteiger partial charge in [-0.05, 0) is 19.8 Å². The number of carbonyl (C=O) groups is 1. The van der Waals surface area contributed by atoms with Crippen LogP contribution < -0.4 is 0 Å². The average molecular weight is 152 g/mol. The van der Waals surface area contributed by atoms with Crippen LogP contribution in [0.3, 0.4) is 0 Å². The van der Waals surface area contributed by atoms with Gasteiger partial charge in [-0.25, -0.2) is 0 Å². The molecule has 0 saturated carbocycles. The second-order valence-electron chi connectivity index (χ2n) is 3.01. The highest BCUT2D eigenvalue weighted by Gasteiger charge is 1.91. The third-order valence-electron chi connectivity index (χ3n) is 1.34. The van der Waals surface area contributed by atoms with Crippen LogP contribution in [0.25, 0.3) is 0 Å². The molecule has 0 heterocycles. The fourth-order valence-corrected chi connectivity index (χ4v) is 0.668. The summed E-state index contributed by atoms with van der Waals surface area (Å²) in [7, 11) is 0. The molecule has 1 atom stereocenters. The third-order valence-corrected chi connectivity index (χ3v) is 1.34. The molecule has 11 heavy (non-hydrogen) atoms. The van der Waals surface area contributed by atoms with Crippen LogP contribution in [-0.4, -0.2) is 6.29 Å². The second-order valence-corrected chi connectivity index (χ2v) is 3.01. The van der Waals surface area contributed by atoms with E-state index in [2.05, 4.69) is 13.8 Å². The Bertz CT molecular complexity index is 162. The summed E-state index contributed by atoms with van der Waals surface area (Å²) in [5.41, 5.74) is 1.28. The van der Waals surface area contributed by atoms with Crippen LogP contribution in [0, 0.1) is 5.92 Å². The maximum atomic E-state index is 10.1. The summed E-state index contributed by atoms with van der Waals surface area (Å²) >= 11 is 0. The lowest BCUT2D eigenvalue weighted by Gasteiger charge is -1.96. The van der Waals surface area contributed by atoms with Crippen LogP contribution in [0.2, 0.25) is 0 Å². The summed E-state index contributed by atoms with van der Waals surface area (Å²) < 4.78 is 0. The molecular weight excluding hydrogens is 136 g/mol. The summed E-state index contributed by atoms with van der Waals surface area (Å²) in [4.78, 5) is 10.1. The number of allylic oxidation sites excluding steroid dienone is 4. The molecule has 0 aliphatic carbocycles. The van der Waals surface area contributed by atoms with Crippen LogP contribution in [0.4, 0.5) is 0 Å². The number of carbonyl (C=O) groups excluding carboxylic acids is 1. The van der Waals surface area contributed by atoms with E-state index in [1.165, 1.54) is 5.57 Å². The number of rotatable bonds is 4. The summed E-state index contributed by atoms with van der Waals surface area (Å²) in [5, 5.41) is 0. The smallest absolute Gasteiger partial charge is 0.120 e. The fraction of sp³-hybridized carbons (Fsp3) is 0.500. The zero-order valence-corrected chi connectivity index (χ0v) is 7.50. The van der Waals surface area contributed by atoms with Gasteiger partial charge in [0, 0.05) is 6.42 Å². The lowest BCUT2D eigenvalue weighted by atomic mass is 10.1. The number of hydrogen-bond donors (Lipinski definition) is 0. The molecule has 0 aromatic rings. The predicted molar refractivity (Wildman–Crippen MR) is 48.4 cm³/mol. The van der Waals surface area contributed by atoms with Gasteiger partial charge in [0.05, 0.1) is 0 Å². The molecule has 0 bridgehead atoms. The fourth-order valence-electron chi connectivity index (χ4n) is 0.668. The monoisotopic (exact) mass is 152 g/mol. The second kappa shape index (κ2) is 5.90. The molecule has 62 valence electrons. The van der Waals surface area contributed by atoms with Crippen LogP contribution >= 0.6 is 0 Å². The average Bonchev–Trinajstić information content (AvgIpc) is 1.87. The molecule has 0 spiro atoms. The molecule has 0 aromatic heterocycles. The van der Waals surface area contributed by atoms with Crippen molar-refractivity contribution in [2.45, 2.75) is 27.2 Å². The predicted octanol–water partition coefficient (Wildman–Crippen LogP) is 2.73. The molecule has 0 amide bonds. The molecule has 0 aliphatic heterocycles. The van der Waals surface area contributed by atoms with Gasteiger partial charge in [-0.3, -0.25) is 0 Å². The molecule has 0 fully saturated rings. The van der Waals surface area contributed by atoms with Gasteiger partial charge < -0.3 is 4.79 Å². The first-order valence-corrected chi connectivity index (χ1v) is 3.92. The molecule has 0 N–H and O–H groups in total. The first kappa shape index (κ1) is 10.2.